The van der Waals surface area contributed by atoms with E-state index in [1.807, 2.05) is 54.6 Å². The van der Waals surface area contributed by atoms with Crippen molar-refractivity contribution < 1.29 is 14.3 Å². The summed E-state index contributed by atoms with van der Waals surface area (Å²) in [6.45, 7) is 1.52. The first-order valence-electron chi connectivity index (χ1n) is 8.44. The molecule has 3 unspecified atom stereocenters. The smallest absolute Gasteiger partial charge is 0.286 e. The summed E-state index contributed by atoms with van der Waals surface area (Å²) in [5.41, 5.74) is 3.09. The number of hydrogen-bond acceptors (Lipinski definition) is 5. The Bertz CT molecular complexity index is 985. The summed E-state index contributed by atoms with van der Waals surface area (Å²) in [6, 6.07) is 17.6. The van der Waals surface area contributed by atoms with Gasteiger partial charge in [-0.3, -0.25) is 9.89 Å². The van der Waals surface area contributed by atoms with E-state index in [0.29, 0.717) is 17.3 Å². The van der Waals surface area contributed by atoms with Crippen LogP contribution in [0.5, 0.6) is 5.95 Å². The Morgan fingerprint density at radius 1 is 1.08 bits per heavy atom. The van der Waals surface area contributed by atoms with Crippen molar-refractivity contribution in [2.75, 3.05) is 13.1 Å². The Labute approximate surface area is 154 Å². The van der Waals surface area contributed by atoms with Gasteiger partial charge in [-0.15, -0.1) is 0 Å². The highest BCUT2D eigenvalue weighted by Gasteiger charge is 2.55. The number of para-hydroxylation sites is 1. The van der Waals surface area contributed by atoms with Crippen molar-refractivity contribution in [3.05, 3.63) is 70.9 Å². The number of fused-ring (bicyclic) bond motifs is 1. The molecule has 26 heavy (non-hydrogen) atoms. The van der Waals surface area contributed by atoms with E-state index < -0.39 is 5.95 Å². The van der Waals surface area contributed by atoms with E-state index in [2.05, 4.69) is 15.2 Å². The van der Waals surface area contributed by atoms with Crippen LogP contribution in [0.25, 0.3) is 5.69 Å². The molecule has 0 spiro atoms. The molecule has 3 atom stereocenters. The van der Waals surface area contributed by atoms with Gasteiger partial charge in [0.1, 0.15) is 5.71 Å². The molecule has 2 aliphatic rings. The van der Waals surface area contributed by atoms with Crippen molar-refractivity contribution in [2.45, 2.75) is 12.1 Å². The summed E-state index contributed by atoms with van der Waals surface area (Å²) < 4.78 is 6.51. The summed E-state index contributed by atoms with van der Waals surface area (Å²) in [6.07, 6.45) is 0. The fourth-order valence-corrected chi connectivity index (χ4v) is 3.82. The molecule has 0 amide bonds. The maximum atomic E-state index is 12.4. The van der Waals surface area contributed by atoms with Crippen LogP contribution in [0.15, 0.2) is 64.1 Å². The molecular formula is C19H15ClN4O2. The zero-order valence-electron chi connectivity index (χ0n) is 13.7. The second kappa shape index (κ2) is 5.93. The number of benzene rings is 2. The van der Waals surface area contributed by atoms with Crippen molar-refractivity contribution in [3.63, 3.8) is 0 Å². The molecule has 1 aromatic heterocycles. The quantitative estimate of drug-likeness (QED) is 0.524. The third-order valence-electron chi connectivity index (χ3n) is 4.91. The normalized spacial score (nSPS) is 24.0. The summed E-state index contributed by atoms with van der Waals surface area (Å²) >= 11 is 6.01. The average Bonchev–Trinajstić information content (AvgIpc) is 3.29. The number of hydrogen-bond donors (Lipinski definition) is 0. The highest BCUT2D eigenvalue weighted by molar-refractivity contribution is 6.30. The zero-order chi connectivity index (χ0) is 17.7. The minimum absolute atomic E-state index is 0.0620. The fraction of sp³-hybridized carbons (Fsp3) is 0.211. The van der Waals surface area contributed by atoms with Gasteiger partial charge in [0, 0.05) is 23.7 Å². The fourth-order valence-electron chi connectivity index (χ4n) is 3.70. The van der Waals surface area contributed by atoms with Crippen LogP contribution < -0.4 is 9.79 Å². The van der Waals surface area contributed by atoms with Gasteiger partial charge in [0.2, 0.25) is 5.69 Å². The van der Waals surface area contributed by atoms with Crippen molar-refractivity contribution in [1.82, 2.24) is 10.2 Å². The van der Waals surface area contributed by atoms with Gasteiger partial charge < -0.3 is 9.63 Å². The van der Waals surface area contributed by atoms with Crippen LogP contribution in [0.1, 0.15) is 17.3 Å². The van der Waals surface area contributed by atoms with Crippen LogP contribution in [-0.4, -0.2) is 35.0 Å². The highest BCUT2D eigenvalue weighted by Crippen LogP contribution is 2.46. The second-order valence-corrected chi connectivity index (χ2v) is 6.84. The molecule has 130 valence electrons. The maximum absolute atomic E-state index is 12.4. The van der Waals surface area contributed by atoms with Gasteiger partial charge in [0.05, 0.1) is 23.9 Å². The zero-order valence-corrected chi connectivity index (χ0v) is 14.5. The Morgan fingerprint density at radius 2 is 1.85 bits per heavy atom. The minimum Gasteiger partial charge on any atom is -0.539 e. The SMILES string of the molecule is [O-]c1on[n+](-c2ccccc2)c1C1=NCCN2C1C2c1ccc(Cl)cc1. The molecule has 0 aliphatic carbocycles. The van der Waals surface area contributed by atoms with E-state index in [-0.39, 0.29) is 12.1 Å². The first-order chi connectivity index (χ1) is 12.7. The largest absolute Gasteiger partial charge is 0.539 e. The molecule has 0 saturated carbocycles. The Balaban J connectivity index is 1.54. The van der Waals surface area contributed by atoms with Crippen molar-refractivity contribution in [2.24, 2.45) is 4.99 Å². The highest BCUT2D eigenvalue weighted by atomic mass is 35.5. The lowest BCUT2D eigenvalue weighted by molar-refractivity contribution is -0.671. The van der Waals surface area contributed by atoms with Crippen LogP contribution >= 0.6 is 11.6 Å². The molecule has 3 aromatic rings. The first kappa shape index (κ1) is 15.5. The van der Waals surface area contributed by atoms with E-state index in [1.165, 1.54) is 5.56 Å². The molecular weight excluding hydrogens is 352 g/mol. The van der Waals surface area contributed by atoms with Gasteiger partial charge in [0.15, 0.2) is 5.95 Å². The summed E-state index contributed by atoms with van der Waals surface area (Å²) in [7, 11) is 0. The molecule has 5 rings (SSSR count). The van der Waals surface area contributed by atoms with Crippen LogP contribution in [0.3, 0.4) is 0 Å². The molecule has 0 radical (unpaired) electrons. The van der Waals surface area contributed by atoms with E-state index >= 15 is 0 Å². The molecule has 6 nitrogen and oxygen atoms in total. The summed E-state index contributed by atoms with van der Waals surface area (Å²) in [5.74, 6) is -0.462. The lowest BCUT2D eigenvalue weighted by Gasteiger charge is -2.09. The topological polar surface area (TPSA) is 68.3 Å². The Hall–Kier alpha value is -2.70. The summed E-state index contributed by atoms with van der Waals surface area (Å²) in [5, 5.41) is 17.0. The third-order valence-corrected chi connectivity index (χ3v) is 5.16. The van der Waals surface area contributed by atoms with Crippen molar-refractivity contribution in [3.8, 4) is 11.6 Å². The van der Waals surface area contributed by atoms with Gasteiger partial charge in [-0.25, -0.2) is 0 Å². The predicted molar refractivity (Wildman–Crippen MR) is 93.6 cm³/mol. The van der Waals surface area contributed by atoms with Crippen LogP contribution in [0, 0.1) is 0 Å². The molecule has 3 heterocycles. The van der Waals surface area contributed by atoms with Crippen LogP contribution in [0.2, 0.25) is 5.02 Å². The van der Waals surface area contributed by atoms with Gasteiger partial charge in [-0.2, -0.15) is 0 Å². The average molecular weight is 367 g/mol. The van der Waals surface area contributed by atoms with E-state index in [9.17, 15) is 5.11 Å². The first-order valence-corrected chi connectivity index (χ1v) is 8.82. The monoisotopic (exact) mass is 366 g/mol. The number of rotatable bonds is 3. The number of nitrogens with zero attached hydrogens (tertiary/aromatic N) is 4. The van der Waals surface area contributed by atoms with E-state index in [4.69, 9.17) is 16.1 Å². The lowest BCUT2D eigenvalue weighted by atomic mass is 10.1. The lowest BCUT2D eigenvalue weighted by Crippen LogP contribution is -2.41. The molecule has 0 bridgehead atoms. The van der Waals surface area contributed by atoms with Gasteiger partial charge >= 0.3 is 0 Å². The Kier molecular flexibility index (Phi) is 3.55. The molecule has 2 aliphatic heterocycles. The number of halogens is 1. The molecule has 1 saturated heterocycles. The van der Waals surface area contributed by atoms with E-state index in [0.717, 1.165) is 17.9 Å². The van der Waals surface area contributed by atoms with Crippen LogP contribution in [0.4, 0.5) is 0 Å². The van der Waals surface area contributed by atoms with Crippen molar-refractivity contribution >= 4 is 17.3 Å². The van der Waals surface area contributed by atoms with Gasteiger partial charge in [-0.1, -0.05) is 41.9 Å². The molecule has 0 N–H and O–H groups in total. The van der Waals surface area contributed by atoms with Crippen molar-refractivity contribution in [1.29, 1.82) is 0 Å². The van der Waals surface area contributed by atoms with E-state index in [1.54, 1.807) is 4.68 Å². The predicted octanol–water partition coefficient (Wildman–Crippen LogP) is 1.91. The molecule has 2 aromatic carbocycles. The Morgan fingerprint density at radius 3 is 2.62 bits per heavy atom. The second-order valence-electron chi connectivity index (χ2n) is 6.40. The number of aromatic nitrogens is 2. The maximum Gasteiger partial charge on any atom is 0.286 e. The molecule has 1 fully saturated rings. The minimum atomic E-state index is -0.462. The standard InChI is InChI=1S/C19H15ClN4O2/c20-13-8-6-12(7-9-13)16-17-15(21-10-11-23(16)17)18-19(25)26-22-24(18)14-4-2-1-3-5-14/h1-9,16-17H,10-11H2. The van der Waals surface area contributed by atoms with Gasteiger partial charge in [0.25, 0.3) is 5.69 Å². The van der Waals surface area contributed by atoms with Crippen LogP contribution in [-0.2, 0) is 0 Å². The third kappa shape index (κ3) is 2.41. The number of aliphatic imine (C=N–C) groups is 1. The summed E-state index contributed by atoms with van der Waals surface area (Å²) in [4.78, 5) is 6.99. The van der Waals surface area contributed by atoms with Gasteiger partial charge in [-0.05, 0) is 22.4 Å². The molecule has 7 heteroatoms.